The second-order valence-electron chi connectivity index (χ2n) is 5.30. The van der Waals surface area contributed by atoms with Crippen LogP contribution in [0.2, 0.25) is 0 Å². The van der Waals surface area contributed by atoms with Crippen LogP contribution in [-0.2, 0) is 16.6 Å². The lowest BCUT2D eigenvalue weighted by Crippen LogP contribution is -2.26. The van der Waals surface area contributed by atoms with Crippen LogP contribution in [0.4, 0.5) is 8.78 Å². The van der Waals surface area contributed by atoms with Gasteiger partial charge in [-0.1, -0.05) is 6.07 Å². The summed E-state index contributed by atoms with van der Waals surface area (Å²) in [4.78, 5) is 0.116. The van der Waals surface area contributed by atoms with Gasteiger partial charge in [0.1, 0.15) is 5.75 Å². The van der Waals surface area contributed by atoms with Gasteiger partial charge in [-0.2, -0.15) is 13.1 Å². The van der Waals surface area contributed by atoms with Crippen molar-refractivity contribution in [3.63, 3.8) is 0 Å². The van der Waals surface area contributed by atoms with Crippen molar-refractivity contribution in [1.82, 2.24) is 4.31 Å². The first-order valence-electron chi connectivity index (χ1n) is 7.50. The van der Waals surface area contributed by atoms with Crippen LogP contribution in [0.3, 0.4) is 0 Å². The van der Waals surface area contributed by atoms with E-state index < -0.39 is 16.6 Å². The lowest BCUT2D eigenvalue weighted by Gasteiger charge is -2.18. The van der Waals surface area contributed by atoms with Crippen molar-refractivity contribution in [1.29, 1.82) is 0 Å². The number of sulfonamides is 1. The van der Waals surface area contributed by atoms with E-state index in [1.807, 2.05) is 0 Å². The predicted octanol–water partition coefficient (Wildman–Crippen LogP) is 3.13. The van der Waals surface area contributed by atoms with Crippen molar-refractivity contribution < 1.29 is 31.4 Å². The summed E-state index contributed by atoms with van der Waals surface area (Å²) < 4.78 is 65.5. The molecule has 9 heteroatoms. The summed E-state index contributed by atoms with van der Waals surface area (Å²) in [6.07, 6.45) is 0. The van der Waals surface area contributed by atoms with Gasteiger partial charge in [-0.25, -0.2) is 8.42 Å². The van der Waals surface area contributed by atoms with Crippen molar-refractivity contribution in [3.8, 4) is 17.2 Å². The van der Waals surface area contributed by atoms with E-state index in [0.717, 1.165) is 4.31 Å². The van der Waals surface area contributed by atoms with Gasteiger partial charge >= 0.3 is 6.61 Å². The smallest absolute Gasteiger partial charge is 0.387 e. The molecule has 2 rings (SSSR count). The zero-order valence-electron chi connectivity index (χ0n) is 14.5. The zero-order valence-corrected chi connectivity index (χ0v) is 15.3. The quantitative estimate of drug-likeness (QED) is 0.696. The maximum atomic E-state index is 12.6. The molecule has 0 saturated heterocycles. The molecule has 0 unspecified atom stereocenters. The second kappa shape index (κ2) is 8.33. The Balaban J connectivity index is 2.20. The molecule has 0 aromatic heterocycles. The molecule has 0 saturated carbocycles. The van der Waals surface area contributed by atoms with Crippen LogP contribution >= 0.6 is 0 Å². The van der Waals surface area contributed by atoms with E-state index in [0.29, 0.717) is 11.3 Å². The summed E-state index contributed by atoms with van der Waals surface area (Å²) in [6.45, 7) is -2.95. The Kier molecular flexibility index (Phi) is 6.38. The minimum Gasteiger partial charge on any atom is -0.497 e. The third-order valence-electron chi connectivity index (χ3n) is 3.62. The van der Waals surface area contributed by atoms with Gasteiger partial charge in [-0.05, 0) is 42.0 Å². The Morgan fingerprint density at radius 3 is 2.19 bits per heavy atom. The highest BCUT2D eigenvalue weighted by atomic mass is 32.2. The lowest BCUT2D eigenvalue weighted by atomic mass is 10.2. The Labute approximate surface area is 151 Å². The molecule has 2 aromatic carbocycles. The number of alkyl halides is 2. The van der Waals surface area contributed by atoms with E-state index in [4.69, 9.17) is 9.47 Å². The van der Waals surface area contributed by atoms with Gasteiger partial charge in [0.2, 0.25) is 10.0 Å². The number of ether oxygens (including phenoxy) is 3. The molecule has 0 amide bonds. The van der Waals surface area contributed by atoms with Gasteiger partial charge in [-0.15, -0.1) is 0 Å². The summed E-state index contributed by atoms with van der Waals surface area (Å²) in [5.74, 6) is 0.524. The van der Waals surface area contributed by atoms with Crippen LogP contribution in [0.25, 0.3) is 0 Å². The molecule has 0 aliphatic heterocycles. The first-order valence-corrected chi connectivity index (χ1v) is 8.94. The Bertz CT molecular complexity index is 841. The number of halogens is 2. The SMILES string of the molecule is COc1ccc(S(=O)(=O)N(C)Cc2ccc(OC(F)F)c(OC)c2)cc1. The fourth-order valence-electron chi connectivity index (χ4n) is 2.27. The number of hydrogen-bond acceptors (Lipinski definition) is 5. The molecule has 0 aliphatic rings. The van der Waals surface area contributed by atoms with Gasteiger partial charge in [0, 0.05) is 13.6 Å². The Hall–Kier alpha value is -2.39. The predicted molar refractivity (Wildman–Crippen MR) is 91.3 cm³/mol. The lowest BCUT2D eigenvalue weighted by molar-refractivity contribution is -0.0512. The normalized spacial score (nSPS) is 11.7. The standard InChI is InChI=1S/C17H19F2NO5S/c1-20(26(21,22)14-7-5-13(23-2)6-8-14)11-12-4-9-15(25-17(18)19)16(10-12)24-3/h4-10,17H,11H2,1-3H3. The third-order valence-corrected chi connectivity index (χ3v) is 5.43. The molecule has 0 bridgehead atoms. The average molecular weight is 387 g/mol. The molecule has 142 valence electrons. The largest absolute Gasteiger partial charge is 0.497 e. The van der Waals surface area contributed by atoms with Crippen molar-refractivity contribution >= 4 is 10.0 Å². The zero-order chi connectivity index (χ0) is 19.3. The van der Waals surface area contributed by atoms with Crippen molar-refractivity contribution in [2.24, 2.45) is 0 Å². The highest BCUT2D eigenvalue weighted by Crippen LogP contribution is 2.30. The van der Waals surface area contributed by atoms with Gasteiger partial charge in [0.05, 0.1) is 19.1 Å². The van der Waals surface area contributed by atoms with E-state index in [9.17, 15) is 17.2 Å². The fourth-order valence-corrected chi connectivity index (χ4v) is 3.43. The summed E-state index contributed by atoms with van der Waals surface area (Å²) in [6, 6.07) is 10.3. The van der Waals surface area contributed by atoms with E-state index in [2.05, 4.69) is 4.74 Å². The molecule has 0 N–H and O–H groups in total. The molecular weight excluding hydrogens is 368 g/mol. The van der Waals surface area contributed by atoms with Crippen molar-refractivity contribution in [2.45, 2.75) is 18.1 Å². The summed E-state index contributed by atoms with van der Waals surface area (Å²) in [7, 11) is 0.506. The minimum absolute atomic E-state index is 0.0275. The molecule has 0 spiro atoms. The number of nitrogens with zero attached hydrogens (tertiary/aromatic N) is 1. The van der Waals surface area contributed by atoms with Gasteiger partial charge in [0.15, 0.2) is 11.5 Å². The highest BCUT2D eigenvalue weighted by molar-refractivity contribution is 7.89. The molecule has 0 atom stereocenters. The number of hydrogen-bond donors (Lipinski definition) is 0. The van der Waals surface area contributed by atoms with Crippen LogP contribution in [-0.4, -0.2) is 40.6 Å². The topological polar surface area (TPSA) is 65.1 Å². The van der Waals surface area contributed by atoms with Crippen LogP contribution in [0, 0.1) is 0 Å². The summed E-state index contributed by atoms with van der Waals surface area (Å²) in [5, 5.41) is 0. The molecule has 0 heterocycles. The molecule has 2 aromatic rings. The average Bonchev–Trinajstić information content (AvgIpc) is 2.62. The van der Waals surface area contributed by atoms with E-state index in [-0.39, 0.29) is 22.9 Å². The van der Waals surface area contributed by atoms with Gasteiger partial charge in [-0.3, -0.25) is 0 Å². The van der Waals surface area contributed by atoms with Crippen LogP contribution in [0.15, 0.2) is 47.4 Å². The third kappa shape index (κ3) is 4.61. The molecule has 26 heavy (non-hydrogen) atoms. The molecule has 0 fully saturated rings. The minimum atomic E-state index is -3.73. The highest BCUT2D eigenvalue weighted by Gasteiger charge is 2.21. The Morgan fingerprint density at radius 1 is 1.00 bits per heavy atom. The van der Waals surface area contributed by atoms with Gasteiger partial charge in [0.25, 0.3) is 0 Å². The van der Waals surface area contributed by atoms with Crippen LogP contribution in [0.5, 0.6) is 17.2 Å². The van der Waals surface area contributed by atoms with Crippen LogP contribution < -0.4 is 14.2 Å². The number of benzene rings is 2. The van der Waals surface area contributed by atoms with Crippen LogP contribution in [0.1, 0.15) is 5.56 Å². The van der Waals surface area contributed by atoms with E-state index >= 15 is 0 Å². The first-order chi connectivity index (χ1) is 12.3. The first kappa shape index (κ1) is 19.9. The second-order valence-corrected chi connectivity index (χ2v) is 7.35. The van der Waals surface area contributed by atoms with E-state index in [1.54, 1.807) is 12.1 Å². The van der Waals surface area contributed by atoms with Crippen molar-refractivity contribution in [3.05, 3.63) is 48.0 Å². The maximum absolute atomic E-state index is 12.6. The molecule has 0 radical (unpaired) electrons. The fraction of sp³-hybridized carbons (Fsp3) is 0.294. The maximum Gasteiger partial charge on any atom is 0.387 e. The summed E-state index contributed by atoms with van der Waals surface area (Å²) in [5.41, 5.74) is 0.558. The number of methoxy groups -OCH3 is 2. The van der Waals surface area contributed by atoms with Gasteiger partial charge < -0.3 is 14.2 Å². The van der Waals surface area contributed by atoms with E-state index in [1.165, 1.54) is 51.6 Å². The Morgan fingerprint density at radius 2 is 1.65 bits per heavy atom. The van der Waals surface area contributed by atoms with Crippen molar-refractivity contribution in [2.75, 3.05) is 21.3 Å². The molecule has 0 aliphatic carbocycles. The molecular formula is C17H19F2NO5S. The number of rotatable bonds is 8. The summed E-state index contributed by atoms with van der Waals surface area (Å²) >= 11 is 0. The monoisotopic (exact) mass is 387 g/mol. The molecule has 6 nitrogen and oxygen atoms in total.